The van der Waals surface area contributed by atoms with Crippen molar-refractivity contribution in [1.29, 1.82) is 0 Å². The van der Waals surface area contributed by atoms with Crippen LogP contribution in [0.1, 0.15) is 27.7 Å². The molecule has 0 spiro atoms. The van der Waals surface area contributed by atoms with Crippen molar-refractivity contribution in [3.8, 4) is 11.1 Å². The minimum Gasteiger partial charge on any atom is -0.462 e. The van der Waals surface area contributed by atoms with Gasteiger partial charge in [-0.25, -0.2) is 4.79 Å². The van der Waals surface area contributed by atoms with Gasteiger partial charge in [-0.05, 0) is 43.2 Å². The lowest BCUT2D eigenvalue weighted by atomic mass is 10.0. The average Bonchev–Trinajstić information content (AvgIpc) is 3.08. The second kappa shape index (κ2) is 9.82. The summed E-state index contributed by atoms with van der Waals surface area (Å²) in [5.74, 6) is -0.926. The predicted octanol–water partition coefficient (Wildman–Crippen LogP) is 5.46. The molecule has 1 heterocycles. The van der Waals surface area contributed by atoms with Gasteiger partial charge in [-0.3, -0.25) is 14.9 Å². The first-order valence-electron chi connectivity index (χ1n) is 9.50. The molecule has 3 aromatic rings. The maximum Gasteiger partial charge on any atom is 0.341 e. The lowest BCUT2D eigenvalue weighted by molar-refractivity contribution is -0.384. The largest absolute Gasteiger partial charge is 0.462 e. The Labute approximate surface area is 183 Å². The van der Waals surface area contributed by atoms with Crippen LogP contribution in [0.2, 0.25) is 0 Å². The lowest BCUT2D eigenvalue weighted by Crippen LogP contribution is -2.12. The summed E-state index contributed by atoms with van der Waals surface area (Å²) in [6, 6.07) is 15.3. The van der Waals surface area contributed by atoms with Crippen LogP contribution in [0.15, 0.2) is 60.7 Å². The van der Waals surface area contributed by atoms with E-state index < -0.39 is 16.8 Å². The Hall–Kier alpha value is -3.78. The molecule has 0 radical (unpaired) electrons. The van der Waals surface area contributed by atoms with Crippen molar-refractivity contribution >= 4 is 40.0 Å². The normalized spacial score (nSPS) is 10.8. The van der Waals surface area contributed by atoms with Gasteiger partial charge in [0, 0.05) is 28.6 Å². The summed E-state index contributed by atoms with van der Waals surface area (Å²) >= 11 is 1.30. The molecule has 0 atom stereocenters. The molecule has 1 aromatic heterocycles. The number of nitro benzene ring substituents is 1. The number of nitro groups is 1. The fourth-order valence-electron chi connectivity index (χ4n) is 3.02. The van der Waals surface area contributed by atoms with E-state index in [-0.39, 0.29) is 12.3 Å². The third kappa shape index (κ3) is 5.23. The number of nitrogens with one attached hydrogen (secondary N) is 1. The topological polar surface area (TPSA) is 98.5 Å². The molecule has 0 unspecified atom stereocenters. The Balaban J connectivity index is 1.87. The van der Waals surface area contributed by atoms with Crippen molar-refractivity contribution in [2.24, 2.45) is 0 Å². The number of amides is 1. The second-order valence-corrected chi connectivity index (χ2v) is 7.72. The Morgan fingerprint density at radius 2 is 1.81 bits per heavy atom. The maximum atomic E-state index is 12.7. The van der Waals surface area contributed by atoms with Gasteiger partial charge in [0.25, 0.3) is 5.69 Å². The molecule has 1 N–H and O–H groups in total. The summed E-state index contributed by atoms with van der Waals surface area (Å²) in [7, 11) is 0. The molecule has 158 valence electrons. The number of thiophene rings is 1. The highest BCUT2D eigenvalue weighted by molar-refractivity contribution is 7.17. The third-order valence-corrected chi connectivity index (χ3v) is 5.41. The van der Waals surface area contributed by atoms with Crippen molar-refractivity contribution in [2.75, 3.05) is 11.9 Å². The summed E-state index contributed by atoms with van der Waals surface area (Å²) < 4.78 is 5.23. The standard InChI is InChI=1S/C23H20N2O5S/c1-3-30-23(27)21-20(17-7-5-4-6-8-17)15(2)31-22(21)24-19(26)14-11-16-9-12-18(13-10-16)25(28)29/h4-14H,3H2,1-2H3,(H,24,26)/b14-11+. The van der Waals surface area contributed by atoms with E-state index in [9.17, 15) is 19.7 Å². The molecular formula is C23H20N2O5S. The molecule has 2 aromatic carbocycles. The van der Waals surface area contributed by atoms with Crippen LogP contribution in [-0.2, 0) is 9.53 Å². The van der Waals surface area contributed by atoms with Gasteiger partial charge in [0.1, 0.15) is 10.6 Å². The Bertz CT molecular complexity index is 1130. The number of benzene rings is 2. The van der Waals surface area contributed by atoms with Crippen LogP contribution < -0.4 is 5.32 Å². The Kier molecular flexibility index (Phi) is 6.94. The number of non-ortho nitro benzene ring substituents is 1. The van der Waals surface area contributed by atoms with Crippen molar-refractivity contribution < 1.29 is 19.2 Å². The van der Waals surface area contributed by atoms with E-state index in [2.05, 4.69) is 5.32 Å². The molecule has 8 heteroatoms. The number of hydrogen-bond acceptors (Lipinski definition) is 6. The van der Waals surface area contributed by atoms with Crippen LogP contribution in [0.3, 0.4) is 0 Å². The quantitative estimate of drug-likeness (QED) is 0.229. The zero-order valence-electron chi connectivity index (χ0n) is 17.0. The molecule has 0 fully saturated rings. The molecule has 0 aliphatic rings. The molecule has 31 heavy (non-hydrogen) atoms. The first-order chi connectivity index (χ1) is 14.9. The highest BCUT2D eigenvalue weighted by Gasteiger charge is 2.25. The van der Waals surface area contributed by atoms with Gasteiger partial charge in [0.15, 0.2) is 0 Å². The second-order valence-electron chi connectivity index (χ2n) is 6.50. The van der Waals surface area contributed by atoms with E-state index >= 15 is 0 Å². The van der Waals surface area contributed by atoms with Gasteiger partial charge < -0.3 is 10.1 Å². The fourth-order valence-corrected chi connectivity index (χ4v) is 4.08. The summed E-state index contributed by atoms with van der Waals surface area (Å²) in [5.41, 5.74) is 2.54. The van der Waals surface area contributed by atoms with Gasteiger partial charge in [0.2, 0.25) is 5.91 Å². The highest BCUT2D eigenvalue weighted by atomic mass is 32.1. The van der Waals surface area contributed by atoms with Crippen LogP contribution in [0.4, 0.5) is 10.7 Å². The van der Waals surface area contributed by atoms with E-state index in [0.29, 0.717) is 16.1 Å². The van der Waals surface area contributed by atoms with Crippen LogP contribution in [0, 0.1) is 17.0 Å². The van der Waals surface area contributed by atoms with Crippen molar-refractivity contribution in [1.82, 2.24) is 0 Å². The van der Waals surface area contributed by atoms with E-state index in [1.54, 1.807) is 25.1 Å². The minimum absolute atomic E-state index is 0.0248. The number of esters is 1. The van der Waals surface area contributed by atoms with Crippen LogP contribution in [0.25, 0.3) is 17.2 Å². The van der Waals surface area contributed by atoms with Gasteiger partial charge in [-0.15, -0.1) is 11.3 Å². The van der Waals surface area contributed by atoms with E-state index in [4.69, 9.17) is 4.74 Å². The first-order valence-corrected chi connectivity index (χ1v) is 10.3. The zero-order chi connectivity index (χ0) is 22.4. The molecule has 0 aliphatic heterocycles. The summed E-state index contributed by atoms with van der Waals surface area (Å²) in [6.45, 7) is 3.83. The van der Waals surface area contributed by atoms with E-state index in [1.807, 2.05) is 37.3 Å². The van der Waals surface area contributed by atoms with Crippen LogP contribution >= 0.6 is 11.3 Å². The Morgan fingerprint density at radius 3 is 2.42 bits per heavy atom. The fraction of sp³-hybridized carbons (Fsp3) is 0.130. The Morgan fingerprint density at radius 1 is 1.13 bits per heavy atom. The number of hydrogen-bond donors (Lipinski definition) is 1. The molecular weight excluding hydrogens is 416 g/mol. The SMILES string of the molecule is CCOC(=O)c1c(NC(=O)/C=C/c2ccc([N+](=O)[O-])cc2)sc(C)c1-c1ccccc1. The van der Waals surface area contributed by atoms with Crippen molar-refractivity contribution in [2.45, 2.75) is 13.8 Å². The predicted molar refractivity (Wildman–Crippen MR) is 121 cm³/mol. The van der Waals surface area contributed by atoms with Crippen molar-refractivity contribution in [3.05, 3.63) is 86.8 Å². The number of anilines is 1. The smallest absolute Gasteiger partial charge is 0.341 e. The number of carbonyl (C=O) groups is 2. The van der Waals surface area contributed by atoms with E-state index in [1.165, 1.54) is 29.5 Å². The first kappa shape index (κ1) is 21.9. The van der Waals surface area contributed by atoms with Gasteiger partial charge >= 0.3 is 5.97 Å². The van der Waals surface area contributed by atoms with Gasteiger partial charge in [-0.2, -0.15) is 0 Å². The molecule has 0 saturated heterocycles. The molecule has 0 bridgehead atoms. The average molecular weight is 436 g/mol. The molecule has 1 amide bonds. The van der Waals surface area contributed by atoms with Crippen LogP contribution in [0.5, 0.6) is 0 Å². The number of ether oxygens (including phenoxy) is 1. The van der Waals surface area contributed by atoms with Crippen molar-refractivity contribution in [3.63, 3.8) is 0 Å². The maximum absolute atomic E-state index is 12.7. The number of aryl methyl sites for hydroxylation is 1. The number of rotatable bonds is 7. The van der Waals surface area contributed by atoms with E-state index in [0.717, 1.165) is 16.0 Å². The monoisotopic (exact) mass is 436 g/mol. The summed E-state index contributed by atoms with van der Waals surface area (Å²) in [6.07, 6.45) is 2.86. The molecule has 0 saturated carbocycles. The summed E-state index contributed by atoms with van der Waals surface area (Å²) in [4.78, 5) is 36.3. The molecule has 0 aliphatic carbocycles. The van der Waals surface area contributed by atoms with Gasteiger partial charge in [-0.1, -0.05) is 30.3 Å². The van der Waals surface area contributed by atoms with Gasteiger partial charge in [0.05, 0.1) is 11.5 Å². The lowest BCUT2D eigenvalue weighted by Gasteiger charge is -2.08. The minimum atomic E-state index is -0.500. The number of carbonyl (C=O) groups excluding carboxylic acids is 2. The number of nitrogens with zero attached hydrogens (tertiary/aromatic N) is 1. The van der Waals surface area contributed by atoms with Crippen LogP contribution in [-0.4, -0.2) is 23.4 Å². The zero-order valence-corrected chi connectivity index (χ0v) is 17.8. The highest BCUT2D eigenvalue weighted by Crippen LogP contribution is 2.40. The summed E-state index contributed by atoms with van der Waals surface area (Å²) in [5, 5.41) is 13.9. The molecule has 7 nitrogen and oxygen atoms in total. The molecule has 3 rings (SSSR count). The third-order valence-electron chi connectivity index (χ3n) is 4.39.